The van der Waals surface area contributed by atoms with Gasteiger partial charge in [-0.3, -0.25) is 9.59 Å². The van der Waals surface area contributed by atoms with Crippen molar-refractivity contribution in [2.24, 2.45) is 0 Å². The second-order valence-corrected chi connectivity index (χ2v) is 11.3. The lowest BCUT2D eigenvalue weighted by molar-refractivity contribution is -0.141. The van der Waals surface area contributed by atoms with Crippen LogP contribution in [0, 0.1) is 0 Å². The smallest absolute Gasteiger partial charge is 0.243 e. The Labute approximate surface area is 242 Å². The number of hydrogen-bond donors (Lipinski definition) is 1. The number of halogens is 2. The first-order valence-electron chi connectivity index (χ1n) is 14.1. The molecule has 1 aliphatic carbocycles. The Balaban J connectivity index is 1.61. The summed E-state index contributed by atoms with van der Waals surface area (Å²) in [6, 6.07) is 23.2. The van der Waals surface area contributed by atoms with Crippen molar-refractivity contribution in [2.75, 3.05) is 0 Å². The summed E-state index contributed by atoms with van der Waals surface area (Å²) in [7, 11) is 0. The predicted molar refractivity (Wildman–Crippen MR) is 160 cm³/mol. The predicted octanol–water partition coefficient (Wildman–Crippen LogP) is 7.58. The lowest BCUT2D eigenvalue weighted by Crippen LogP contribution is -2.52. The van der Waals surface area contributed by atoms with E-state index < -0.39 is 6.04 Å². The molecule has 1 atom stereocenters. The molecule has 0 heterocycles. The SMILES string of the molecule is CCc1ccc(CCC(=O)N(Cc2ccc(Cl)c(Cl)c2)[C@@H](Cc2ccccc2)C(=O)NC2CCCCC2)cc1. The number of benzene rings is 3. The Bertz CT molecular complexity index is 1220. The van der Waals surface area contributed by atoms with E-state index in [0.717, 1.165) is 48.8 Å². The number of nitrogens with zero attached hydrogens (tertiary/aromatic N) is 1. The van der Waals surface area contributed by atoms with Crippen LogP contribution < -0.4 is 5.32 Å². The Morgan fingerprint density at radius 2 is 1.51 bits per heavy atom. The van der Waals surface area contributed by atoms with E-state index in [1.54, 1.807) is 17.0 Å². The normalized spacial score (nSPS) is 14.5. The van der Waals surface area contributed by atoms with Gasteiger partial charge < -0.3 is 10.2 Å². The summed E-state index contributed by atoms with van der Waals surface area (Å²) in [6.07, 6.45) is 7.77. The Hall–Kier alpha value is -2.82. The van der Waals surface area contributed by atoms with Crippen LogP contribution in [0.3, 0.4) is 0 Å². The van der Waals surface area contributed by atoms with Crippen molar-refractivity contribution in [1.29, 1.82) is 0 Å². The lowest BCUT2D eigenvalue weighted by atomic mass is 9.94. The summed E-state index contributed by atoms with van der Waals surface area (Å²) in [5.41, 5.74) is 4.24. The zero-order valence-electron chi connectivity index (χ0n) is 22.7. The fourth-order valence-electron chi connectivity index (χ4n) is 5.27. The van der Waals surface area contributed by atoms with E-state index in [1.807, 2.05) is 36.4 Å². The molecule has 3 aromatic carbocycles. The van der Waals surface area contributed by atoms with Crippen LogP contribution in [0.4, 0.5) is 0 Å². The average molecular weight is 566 g/mol. The summed E-state index contributed by atoms with van der Waals surface area (Å²) in [5.74, 6) is -0.146. The summed E-state index contributed by atoms with van der Waals surface area (Å²) in [4.78, 5) is 29.5. The van der Waals surface area contributed by atoms with Crippen LogP contribution in [-0.2, 0) is 35.4 Å². The zero-order chi connectivity index (χ0) is 27.6. The van der Waals surface area contributed by atoms with Crippen molar-refractivity contribution < 1.29 is 9.59 Å². The first-order chi connectivity index (χ1) is 18.9. The fourth-order valence-corrected chi connectivity index (χ4v) is 5.59. The molecular weight excluding hydrogens is 527 g/mol. The number of carbonyl (C=O) groups excluding carboxylic acids is 2. The van der Waals surface area contributed by atoms with Gasteiger partial charge in [0.25, 0.3) is 0 Å². The molecule has 3 aromatic rings. The van der Waals surface area contributed by atoms with Crippen molar-refractivity contribution in [3.05, 3.63) is 105 Å². The third-order valence-electron chi connectivity index (χ3n) is 7.62. The number of carbonyl (C=O) groups is 2. The van der Waals surface area contributed by atoms with E-state index in [0.29, 0.717) is 29.3 Å². The highest BCUT2D eigenvalue weighted by Crippen LogP contribution is 2.25. The largest absolute Gasteiger partial charge is 0.352 e. The number of rotatable bonds is 11. The number of hydrogen-bond acceptors (Lipinski definition) is 2. The molecule has 4 nitrogen and oxygen atoms in total. The third-order valence-corrected chi connectivity index (χ3v) is 8.36. The van der Waals surface area contributed by atoms with Gasteiger partial charge in [0.2, 0.25) is 11.8 Å². The average Bonchev–Trinajstić information content (AvgIpc) is 2.96. The second-order valence-electron chi connectivity index (χ2n) is 10.5. The number of amides is 2. The van der Waals surface area contributed by atoms with Crippen LogP contribution in [0.15, 0.2) is 72.8 Å². The highest BCUT2D eigenvalue weighted by atomic mass is 35.5. The van der Waals surface area contributed by atoms with Crippen LogP contribution in [0.1, 0.15) is 67.7 Å². The van der Waals surface area contributed by atoms with E-state index in [1.165, 1.54) is 12.0 Å². The first kappa shape index (κ1) is 29.2. The Morgan fingerprint density at radius 3 is 2.18 bits per heavy atom. The third kappa shape index (κ3) is 8.58. The maximum absolute atomic E-state index is 13.9. The van der Waals surface area contributed by atoms with E-state index in [2.05, 4.69) is 36.5 Å². The monoisotopic (exact) mass is 564 g/mol. The first-order valence-corrected chi connectivity index (χ1v) is 14.8. The highest BCUT2D eigenvalue weighted by molar-refractivity contribution is 6.42. The van der Waals surface area contributed by atoms with Gasteiger partial charge in [-0.05, 0) is 60.1 Å². The molecule has 1 aliphatic rings. The summed E-state index contributed by atoms with van der Waals surface area (Å²) in [6.45, 7) is 2.41. The number of nitrogens with one attached hydrogen (secondary N) is 1. The van der Waals surface area contributed by atoms with Crippen LogP contribution in [0.2, 0.25) is 10.0 Å². The van der Waals surface area contributed by atoms with E-state index in [4.69, 9.17) is 23.2 Å². The van der Waals surface area contributed by atoms with E-state index in [9.17, 15) is 9.59 Å². The molecule has 1 fully saturated rings. The molecule has 206 valence electrons. The van der Waals surface area contributed by atoms with Gasteiger partial charge >= 0.3 is 0 Å². The van der Waals surface area contributed by atoms with Gasteiger partial charge in [0.15, 0.2) is 0 Å². The Kier molecular flexibility index (Phi) is 10.9. The molecule has 0 unspecified atom stereocenters. The molecule has 0 radical (unpaired) electrons. The molecule has 0 aliphatic heterocycles. The van der Waals surface area contributed by atoms with Crippen molar-refractivity contribution in [3.8, 4) is 0 Å². The lowest BCUT2D eigenvalue weighted by Gasteiger charge is -2.33. The van der Waals surface area contributed by atoms with Gasteiger partial charge in [-0.15, -0.1) is 0 Å². The maximum atomic E-state index is 13.9. The minimum Gasteiger partial charge on any atom is -0.352 e. The molecule has 1 N–H and O–H groups in total. The minimum absolute atomic E-state index is 0.0552. The molecule has 0 saturated heterocycles. The van der Waals surface area contributed by atoms with Crippen molar-refractivity contribution >= 4 is 35.0 Å². The van der Waals surface area contributed by atoms with Crippen molar-refractivity contribution in [3.63, 3.8) is 0 Å². The van der Waals surface area contributed by atoms with Gasteiger partial charge in [0.1, 0.15) is 6.04 Å². The van der Waals surface area contributed by atoms with Crippen LogP contribution in [-0.4, -0.2) is 28.8 Å². The van der Waals surface area contributed by atoms with Crippen LogP contribution >= 0.6 is 23.2 Å². The maximum Gasteiger partial charge on any atom is 0.243 e. The molecule has 0 spiro atoms. The molecule has 1 saturated carbocycles. The topological polar surface area (TPSA) is 49.4 Å². The van der Waals surface area contributed by atoms with Gasteiger partial charge in [0, 0.05) is 25.4 Å². The fraction of sp³-hybridized carbons (Fsp3) is 0.394. The quantitative estimate of drug-likeness (QED) is 0.261. The van der Waals surface area contributed by atoms with Gasteiger partial charge in [-0.2, -0.15) is 0 Å². The molecule has 0 aromatic heterocycles. The molecule has 4 rings (SSSR count). The molecular formula is C33H38Cl2N2O2. The van der Waals surface area contributed by atoms with Crippen molar-refractivity contribution in [1.82, 2.24) is 10.2 Å². The van der Waals surface area contributed by atoms with Gasteiger partial charge in [-0.1, -0.05) is 110 Å². The minimum atomic E-state index is -0.640. The summed E-state index contributed by atoms with van der Waals surface area (Å²) in [5, 5.41) is 4.18. The van der Waals surface area contributed by atoms with Crippen molar-refractivity contribution in [2.45, 2.75) is 83.3 Å². The summed E-state index contributed by atoms with van der Waals surface area (Å²) < 4.78 is 0. The summed E-state index contributed by atoms with van der Waals surface area (Å²) >= 11 is 12.5. The van der Waals surface area contributed by atoms with Crippen LogP contribution in [0.5, 0.6) is 0 Å². The van der Waals surface area contributed by atoms with E-state index >= 15 is 0 Å². The molecule has 2 amide bonds. The highest BCUT2D eigenvalue weighted by Gasteiger charge is 2.31. The van der Waals surface area contributed by atoms with Crippen LogP contribution in [0.25, 0.3) is 0 Å². The zero-order valence-corrected chi connectivity index (χ0v) is 24.2. The van der Waals surface area contributed by atoms with Gasteiger partial charge in [-0.25, -0.2) is 0 Å². The van der Waals surface area contributed by atoms with Gasteiger partial charge in [0.05, 0.1) is 10.0 Å². The number of aryl methyl sites for hydroxylation is 2. The molecule has 6 heteroatoms. The second kappa shape index (κ2) is 14.5. The molecule has 0 bridgehead atoms. The molecule has 39 heavy (non-hydrogen) atoms. The Morgan fingerprint density at radius 1 is 0.846 bits per heavy atom. The standard InChI is InChI=1S/C33H38Cl2N2O2/c1-2-24-13-15-25(16-14-24)18-20-32(38)37(23-27-17-19-29(34)30(35)21-27)31(22-26-9-5-3-6-10-26)33(39)36-28-11-7-4-8-12-28/h3,5-6,9-10,13-17,19,21,28,31H,2,4,7-8,11-12,18,20,22-23H2,1H3,(H,36,39)/t31-/m0/s1. The van der Waals surface area contributed by atoms with E-state index in [-0.39, 0.29) is 24.4 Å².